The molecule has 22 heteroatoms. The van der Waals surface area contributed by atoms with Gasteiger partial charge in [-0.15, -0.1) is 0 Å². The molecular weight excluding hydrogens is 1130 g/mol. The predicted molar refractivity (Wildman–Crippen MR) is 340 cm³/mol. The number of morpholine rings is 1. The van der Waals surface area contributed by atoms with Gasteiger partial charge in [0.2, 0.25) is 47.3 Å². The molecule has 22 nitrogen and oxygen atoms in total. The van der Waals surface area contributed by atoms with Gasteiger partial charge in [-0.25, -0.2) is 0 Å². The second-order valence-corrected chi connectivity index (χ2v) is 28.0. The van der Waals surface area contributed by atoms with E-state index in [4.69, 9.17) is 4.74 Å². The lowest BCUT2D eigenvalue weighted by Gasteiger charge is -2.42. The van der Waals surface area contributed by atoms with Crippen molar-refractivity contribution in [3.05, 3.63) is 0 Å². The van der Waals surface area contributed by atoms with Gasteiger partial charge in [0.25, 0.3) is 0 Å². The molecule has 0 radical (unpaired) electrons. The largest absolute Gasteiger partial charge is 0.390 e. The Labute approximate surface area is 528 Å². The number of nitrogens with zero attached hydrogens (tertiary/aromatic N) is 8. The summed E-state index contributed by atoms with van der Waals surface area (Å²) in [6.45, 7) is 31.2. The van der Waals surface area contributed by atoms with Crippen molar-refractivity contribution in [3.63, 3.8) is 0 Å². The molecule has 2 aliphatic rings. The zero-order chi connectivity index (χ0) is 67.7. The first-order valence-electron chi connectivity index (χ1n) is 32.5. The summed E-state index contributed by atoms with van der Waals surface area (Å²) in [5.41, 5.74) is 0. The molecule has 2 aliphatic heterocycles. The van der Waals surface area contributed by atoms with Crippen molar-refractivity contribution in [1.82, 2.24) is 44.5 Å². The third-order valence-electron chi connectivity index (χ3n) is 18.2. The third-order valence-corrected chi connectivity index (χ3v) is 18.2. The Kier molecular flexibility index (Phi) is 32.1. The van der Waals surface area contributed by atoms with E-state index in [1.54, 1.807) is 48.5 Å². The molecule has 12 atom stereocenters. The standard InChI is InChI=1S/C66H117N9O13/c1-24-47-35-54(78)58(59(80)44(14)25-26-75-27-29-88-30-28-75)74(23)66(87)57(43(12)13)73(22)64(85)51(33-40(6)7)71(20)65(86)56(42(10)11)72(21)61(82)46(16)67-60(81)45(15)34-52(76)50(32-39(4)5)70(19)63(84)48(41(8)9)36-53(77)49(31-38(2)3)69(18)55(79)37-68(17)62(47)83/h38-51,56-59,80H,24-37H2,1-23H3,(H,67,81)/t44-,45+,46+,47+,48-,49+,50-,51-,56?,57-,58+,59-/m1/s1. The second kappa shape index (κ2) is 35.9. The topological polar surface area (TPSA) is 255 Å². The quantitative estimate of drug-likeness (QED) is 0.221. The van der Waals surface area contributed by atoms with Crippen LogP contribution in [0.5, 0.6) is 0 Å². The summed E-state index contributed by atoms with van der Waals surface area (Å²) in [5, 5.41) is 15.2. The average Bonchev–Trinajstić information content (AvgIpc) is 1.56. The van der Waals surface area contributed by atoms with E-state index < -0.39 is 156 Å². The number of hydrogen-bond acceptors (Lipinski definition) is 14. The minimum absolute atomic E-state index is 0.0668. The zero-order valence-electron chi connectivity index (χ0n) is 58.2. The van der Waals surface area contributed by atoms with E-state index in [0.717, 1.165) is 0 Å². The van der Waals surface area contributed by atoms with Crippen LogP contribution < -0.4 is 5.32 Å². The maximum absolute atomic E-state index is 15.3. The summed E-state index contributed by atoms with van der Waals surface area (Å²) < 4.78 is 5.54. The number of ether oxygens (including phenoxy) is 1. The van der Waals surface area contributed by atoms with Gasteiger partial charge in [0.05, 0.1) is 37.9 Å². The van der Waals surface area contributed by atoms with Gasteiger partial charge in [-0.1, -0.05) is 104 Å². The Morgan fingerprint density at radius 2 is 0.943 bits per heavy atom. The van der Waals surface area contributed by atoms with Gasteiger partial charge in [-0.05, 0) is 87.0 Å². The molecule has 0 saturated carbocycles. The van der Waals surface area contributed by atoms with Crippen LogP contribution in [-0.2, 0) is 57.5 Å². The number of carbonyl (C=O) groups is 11. The van der Waals surface area contributed by atoms with Gasteiger partial charge in [-0.3, -0.25) is 57.6 Å². The average molecular weight is 1240 g/mol. The van der Waals surface area contributed by atoms with Crippen molar-refractivity contribution in [2.24, 2.45) is 59.2 Å². The highest BCUT2D eigenvalue weighted by molar-refractivity contribution is 5.99. The molecule has 0 bridgehead atoms. The number of likely N-dealkylation sites (N-methyl/N-ethyl adjacent to an activating group) is 7. The maximum atomic E-state index is 15.3. The summed E-state index contributed by atoms with van der Waals surface area (Å²) in [6.07, 6.45) is -1.15. The van der Waals surface area contributed by atoms with Crippen molar-refractivity contribution in [2.75, 3.05) is 88.7 Å². The van der Waals surface area contributed by atoms with Crippen molar-refractivity contribution in [3.8, 4) is 0 Å². The first-order chi connectivity index (χ1) is 40.7. The number of aliphatic hydroxyl groups excluding tert-OH is 1. The van der Waals surface area contributed by atoms with Gasteiger partial charge >= 0.3 is 0 Å². The van der Waals surface area contributed by atoms with Crippen LogP contribution in [0.4, 0.5) is 0 Å². The van der Waals surface area contributed by atoms with E-state index in [0.29, 0.717) is 39.3 Å². The van der Waals surface area contributed by atoms with Crippen molar-refractivity contribution < 1.29 is 62.6 Å². The highest BCUT2D eigenvalue weighted by Crippen LogP contribution is 2.29. The molecule has 2 saturated heterocycles. The molecule has 88 heavy (non-hydrogen) atoms. The van der Waals surface area contributed by atoms with E-state index in [9.17, 15) is 43.5 Å². The Balaban J connectivity index is 2.95. The minimum atomic E-state index is -1.49. The zero-order valence-corrected chi connectivity index (χ0v) is 58.2. The summed E-state index contributed by atoms with van der Waals surface area (Å²) in [7, 11) is 10.3. The molecule has 8 amide bonds. The molecule has 0 aromatic carbocycles. The molecule has 0 spiro atoms. The fourth-order valence-electron chi connectivity index (χ4n) is 12.4. The number of Topliss-reactive ketones (excluding diaryl/α,β-unsaturated/α-hetero) is 3. The third kappa shape index (κ3) is 21.7. The Bertz CT molecular complexity index is 2370. The molecule has 0 aromatic heterocycles. The molecule has 0 aliphatic carbocycles. The predicted octanol–water partition coefficient (Wildman–Crippen LogP) is 4.91. The van der Waals surface area contributed by atoms with Gasteiger partial charge < -0.3 is 49.5 Å². The van der Waals surface area contributed by atoms with Crippen LogP contribution in [0.1, 0.15) is 162 Å². The fourth-order valence-corrected chi connectivity index (χ4v) is 12.4. The van der Waals surface area contributed by atoms with Crippen molar-refractivity contribution in [1.29, 1.82) is 0 Å². The van der Waals surface area contributed by atoms with E-state index in [-0.39, 0.29) is 68.0 Å². The van der Waals surface area contributed by atoms with E-state index >= 15 is 14.4 Å². The molecule has 504 valence electrons. The van der Waals surface area contributed by atoms with E-state index in [2.05, 4.69) is 10.2 Å². The Morgan fingerprint density at radius 1 is 0.500 bits per heavy atom. The minimum Gasteiger partial charge on any atom is -0.390 e. The number of carbonyl (C=O) groups excluding carboxylic acids is 11. The number of ketones is 3. The van der Waals surface area contributed by atoms with Crippen molar-refractivity contribution in [2.45, 2.75) is 211 Å². The number of rotatable bonds is 15. The summed E-state index contributed by atoms with van der Waals surface area (Å²) in [6, 6.07) is -8.15. The molecule has 0 aromatic rings. The SMILES string of the molecule is CC[C@H]1CC(=O)[C@@H]([C@H](O)[C@H](C)CCN2CCOCC2)N(C)C(=O)[C@@H](C(C)C)N(C)C(=O)[C@@H](CC(C)C)N(C)C(=O)C(C(C)C)N(C)C(=O)[C@H](C)NC(=O)[C@@H](C)CC(=O)[C@@H](CC(C)C)N(C)C(=O)[C@@H](C(C)C)CC(=O)[C@H](CC(C)C)N(C)C(=O)CN(C)C1=O. The van der Waals surface area contributed by atoms with Crippen LogP contribution in [0.25, 0.3) is 0 Å². The Morgan fingerprint density at radius 3 is 1.42 bits per heavy atom. The van der Waals surface area contributed by atoms with Crippen LogP contribution in [-0.4, -0.2) is 246 Å². The Hall–Kier alpha value is -5.35. The fraction of sp³-hybridized carbons (Fsp3) is 0.833. The normalized spacial score (nSPS) is 27.8. The smallest absolute Gasteiger partial charge is 0.246 e. The molecule has 2 fully saturated rings. The van der Waals surface area contributed by atoms with Crippen molar-refractivity contribution >= 4 is 64.6 Å². The summed E-state index contributed by atoms with van der Waals surface area (Å²) >= 11 is 0. The van der Waals surface area contributed by atoms with Gasteiger partial charge in [0.1, 0.15) is 30.2 Å². The lowest BCUT2D eigenvalue weighted by atomic mass is 9.84. The van der Waals surface area contributed by atoms with Gasteiger partial charge in [0, 0.05) is 99.4 Å². The van der Waals surface area contributed by atoms with Crippen LogP contribution >= 0.6 is 0 Å². The molecular formula is C66H117N9O13. The molecule has 2 heterocycles. The second-order valence-electron chi connectivity index (χ2n) is 28.0. The lowest BCUT2D eigenvalue weighted by Crippen LogP contribution is -2.62. The van der Waals surface area contributed by atoms with Crippen LogP contribution in [0.3, 0.4) is 0 Å². The highest BCUT2D eigenvalue weighted by Gasteiger charge is 2.46. The van der Waals surface area contributed by atoms with Gasteiger partial charge in [0.15, 0.2) is 17.3 Å². The number of amides is 8. The molecule has 2 rings (SSSR count). The summed E-state index contributed by atoms with van der Waals surface area (Å²) in [5.74, 6) is -11.2. The summed E-state index contributed by atoms with van der Waals surface area (Å²) in [4.78, 5) is 173. The first-order valence-corrected chi connectivity index (χ1v) is 32.5. The van der Waals surface area contributed by atoms with Crippen LogP contribution in [0.2, 0.25) is 0 Å². The number of hydrogen-bond donors (Lipinski definition) is 2. The monoisotopic (exact) mass is 1240 g/mol. The molecule has 1 unspecified atom stereocenters. The lowest BCUT2D eigenvalue weighted by molar-refractivity contribution is -0.157. The molecule has 2 N–H and O–H groups in total. The van der Waals surface area contributed by atoms with Crippen LogP contribution in [0, 0.1) is 59.2 Å². The van der Waals surface area contributed by atoms with Gasteiger partial charge in [-0.2, -0.15) is 0 Å². The number of nitrogens with one attached hydrogen (secondary N) is 1. The van der Waals surface area contributed by atoms with Crippen LogP contribution in [0.15, 0.2) is 0 Å². The maximum Gasteiger partial charge on any atom is 0.246 e. The van der Waals surface area contributed by atoms with E-state index in [1.165, 1.54) is 90.6 Å². The highest BCUT2D eigenvalue weighted by atomic mass is 16.5. The number of aliphatic hydroxyl groups is 1. The first kappa shape index (κ1) is 78.7. The van der Waals surface area contributed by atoms with E-state index in [1.807, 2.05) is 55.4 Å².